The van der Waals surface area contributed by atoms with Crippen LogP contribution in [0.25, 0.3) is 99.0 Å². The number of benzene rings is 2. The van der Waals surface area contributed by atoms with Crippen LogP contribution >= 0.6 is 0 Å². The first-order valence-electron chi connectivity index (χ1n) is 30.3. The molecule has 18 aromatic heterocycles. The molecule has 0 aliphatic rings. The molecule has 30 nitrogen and oxygen atoms in total. The predicted molar refractivity (Wildman–Crippen MR) is 382 cm³/mol. The molecule has 20 rings (SSSR count). The van der Waals surface area contributed by atoms with Gasteiger partial charge in [-0.05, 0) is 84.9 Å². The molecule has 0 aliphatic carbocycles. The van der Waals surface area contributed by atoms with Gasteiger partial charge in [0.05, 0.1) is 68.9 Å². The highest BCUT2D eigenvalue weighted by Crippen LogP contribution is 2.10. The molecule has 0 bridgehead atoms. The summed E-state index contributed by atoms with van der Waals surface area (Å²) in [5, 5.41) is 4.07. The maximum absolute atomic E-state index is 4.12. The van der Waals surface area contributed by atoms with Crippen LogP contribution in [-0.4, -0.2) is 150 Å². The van der Waals surface area contributed by atoms with Crippen molar-refractivity contribution in [2.24, 2.45) is 0 Å². The van der Waals surface area contributed by atoms with E-state index in [1.165, 1.54) is 50.6 Å². The molecule has 0 N–H and O–H groups in total. The van der Waals surface area contributed by atoms with E-state index in [0.717, 1.165) is 93.4 Å². The van der Waals surface area contributed by atoms with Gasteiger partial charge in [0.15, 0.2) is 11.3 Å². The molecular formula is C72H54N30. The van der Waals surface area contributed by atoms with Gasteiger partial charge in [-0.2, -0.15) is 0 Å². The predicted octanol–water partition coefficient (Wildman–Crippen LogP) is 10.8. The Morgan fingerprint density at radius 1 is 0.127 bits per heavy atom. The zero-order chi connectivity index (χ0) is 69.8. The highest BCUT2D eigenvalue weighted by atomic mass is 14.9. The largest absolute Gasteiger partial charge is 0.264 e. The van der Waals surface area contributed by atoms with Gasteiger partial charge >= 0.3 is 0 Å². The molecule has 0 saturated carbocycles. The molecule has 0 saturated heterocycles. The Morgan fingerprint density at radius 3 is 0.971 bits per heavy atom. The number of fused-ring (bicyclic) bond motifs is 9. The lowest BCUT2D eigenvalue weighted by Gasteiger charge is -1.90. The number of hydrogen-bond donors (Lipinski definition) is 0. The number of hydrogen-bond acceptors (Lipinski definition) is 30. The Kier molecular flexibility index (Phi) is 27.8. The molecule has 102 heavy (non-hydrogen) atoms. The molecule has 0 spiro atoms. The SMILES string of the molecule is c1cc2cncnc2cn1.c1cc2nccnc2cn1.c1cc2nccnc2cn1.c1cc2ncncc2cn1.c1ccc2nccnc2c1.c1ccc2ncncc2c1.c1cnc2cncnc2c1.c1cnc2nccnc2c1.c1cnc2ncncc2c1.c1cncnc1.c1ncncn1. The van der Waals surface area contributed by atoms with Gasteiger partial charge in [-0.15, -0.1) is 0 Å². The van der Waals surface area contributed by atoms with Crippen LogP contribution < -0.4 is 0 Å². The van der Waals surface area contributed by atoms with E-state index in [4.69, 9.17) is 0 Å². The molecule has 2 aromatic carbocycles. The van der Waals surface area contributed by atoms with E-state index < -0.39 is 0 Å². The van der Waals surface area contributed by atoms with Gasteiger partial charge in [-0.3, -0.25) is 59.8 Å². The molecule has 0 fully saturated rings. The second-order valence-electron chi connectivity index (χ2n) is 19.4. The normalized spacial score (nSPS) is 9.76. The quantitative estimate of drug-likeness (QED) is 0.136. The van der Waals surface area contributed by atoms with Gasteiger partial charge in [0, 0.05) is 158 Å². The summed E-state index contributed by atoms with van der Waals surface area (Å²) in [6.45, 7) is 0. The van der Waals surface area contributed by atoms with Gasteiger partial charge in [0.1, 0.15) is 79.0 Å². The van der Waals surface area contributed by atoms with Crippen molar-refractivity contribution in [3.63, 3.8) is 0 Å². The maximum atomic E-state index is 4.12. The minimum atomic E-state index is 0.699. The average molecular weight is 1340 g/mol. The third-order valence-electron chi connectivity index (χ3n) is 12.6. The molecule has 0 aliphatic heterocycles. The summed E-state index contributed by atoms with van der Waals surface area (Å²) in [5.41, 5.74) is 12.2. The fourth-order valence-corrected chi connectivity index (χ4v) is 8.01. The lowest BCUT2D eigenvalue weighted by Crippen LogP contribution is -1.83. The minimum absolute atomic E-state index is 0.699. The summed E-state index contributed by atoms with van der Waals surface area (Å²) >= 11 is 0. The van der Waals surface area contributed by atoms with Crippen LogP contribution in [0, 0.1) is 0 Å². The van der Waals surface area contributed by atoms with Crippen molar-refractivity contribution < 1.29 is 0 Å². The van der Waals surface area contributed by atoms with Crippen LogP contribution in [0.2, 0.25) is 0 Å². The van der Waals surface area contributed by atoms with E-state index in [1.807, 2.05) is 115 Å². The summed E-state index contributed by atoms with van der Waals surface area (Å²) in [6.07, 6.45) is 57.8. The van der Waals surface area contributed by atoms with Gasteiger partial charge in [0.2, 0.25) is 0 Å². The lowest BCUT2D eigenvalue weighted by molar-refractivity contribution is 1.05. The Balaban J connectivity index is 0.000000121. The third-order valence-corrected chi connectivity index (χ3v) is 12.6. The van der Waals surface area contributed by atoms with Crippen LogP contribution in [0.15, 0.2) is 333 Å². The smallest absolute Gasteiger partial charge is 0.178 e. The molecule has 20 aromatic rings. The summed E-state index contributed by atoms with van der Waals surface area (Å²) < 4.78 is 0. The molecule has 0 atom stereocenters. The zero-order valence-electron chi connectivity index (χ0n) is 53.6. The molecule has 0 radical (unpaired) electrons. The van der Waals surface area contributed by atoms with Gasteiger partial charge in [-0.1, -0.05) is 30.3 Å². The van der Waals surface area contributed by atoms with Crippen LogP contribution in [0.3, 0.4) is 0 Å². The van der Waals surface area contributed by atoms with Crippen molar-refractivity contribution in [1.29, 1.82) is 0 Å². The van der Waals surface area contributed by atoms with Crippen molar-refractivity contribution in [3.8, 4) is 0 Å². The Morgan fingerprint density at radius 2 is 0.451 bits per heavy atom. The summed E-state index contributed by atoms with van der Waals surface area (Å²) in [6, 6.07) is 36.2. The number of pyridine rings is 7. The van der Waals surface area contributed by atoms with Crippen LogP contribution in [0.5, 0.6) is 0 Å². The Bertz CT molecular complexity index is 4030. The highest BCUT2D eigenvalue weighted by molar-refractivity contribution is 5.79. The summed E-state index contributed by atoms with van der Waals surface area (Å²) in [7, 11) is 0. The van der Waals surface area contributed by atoms with Crippen molar-refractivity contribution in [2.75, 3.05) is 0 Å². The molecule has 30 heteroatoms. The summed E-state index contributed by atoms with van der Waals surface area (Å²) in [5.74, 6) is 0. The zero-order valence-corrected chi connectivity index (χ0v) is 53.6. The van der Waals surface area contributed by atoms with Gasteiger partial charge in [0.25, 0.3) is 0 Å². The highest BCUT2D eigenvalue weighted by Gasteiger charge is 1.96. The summed E-state index contributed by atoms with van der Waals surface area (Å²) in [4.78, 5) is 118. The Hall–Kier alpha value is -15.4. The van der Waals surface area contributed by atoms with Crippen LogP contribution in [-0.2, 0) is 0 Å². The number of nitrogens with zero attached hydrogens (tertiary/aromatic N) is 30. The molecule has 18 heterocycles. The minimum Gasteiger partial charge on any atom is -0.264 e. The van der Waals surface area contributed by atoms with Crippen molar-refractivity contribution in [3.05, 3.63) is 333 Å². The third kappa shape index (κ3) is 23.5. The van der Waals surface area contributed by atoms with Crippen molar-refractivity contribution in [2.45, 2.75) is 0 Å². The first-order chi connectivity index (χ1) is 50.7. The van der Waals surface area contributed by atoms with E-state index in [1.54, 1.807) is 167 Å². The second-order valence-corrected chi connectivity index (χ2v) is 19.4. The average Bonchev–Trinajstić information content (AvgIpc) is 1.08. The molecule has 492 valence electrons. The lowest BCUT2D eigenvalue weighted by atomic mass is 10.2. The number of para-hydroxylation sites is 3. The fourth-order valence-electron chi connectivity index (χ4n) is 8.01. The Labute approximate surface area is 579 Å². The van der Waals surface area contributed by atoms with E-state index >= 15 is 0 Å². The number of rotatable bonds is 0. The van der Waals surface area contributed by atoms with E-state index in [2.05, 4.69) is 150 Å². The standard InChI is InChI=1S/2C8H6N2.7C7H5N3.C4H4N2.C3H3N3/c1-2-4-8-7(3-1)5-9-6-10-8;1-2-4-8-7(3-1)9-5-6-10-8;1-2-8-3-6-4-9-5-10-7(1)6;1-2-8-4-7-6(1)3-9-5-10-7;2*1-2-8-5-7-6(1)9-3-4-10-7;1-2-6-7(9-3-1)4-8-5-10-6;1-2-6-4-8-5-10-7(6)9-3-1;1-2-6-7(9-3-1)10-5-4-8-6;1-2-5-4-6-3-1;1-4-2-6-3-5-1/h2*1-6H;7*1-5H;1-4H;1-3H. The maximum Gasteiger partial charge on any atom is 0.178 e. The van der Waals surface area contributed by atoms with Gasteiger partial charge < -0.3 is 0 Å². The first-order valence-corrected chi connectivity index (χ1v) is 30.3. The number of aromatic nitrogens is 30. The van der Waals surface area contributed by atoms with Crippen molar-refractivity contribution in [1.82, 2.24) is 150 Å². The van der Waals surface area contributed by atoms with Crippen molar-refractivity contribution >= 4 is 99.0 Å². The van der Waals surface area contributed by atoms with Crippen LogP contribution in [0.1, 0.15) is 0 Å². The molecule has 0 unspecified atom stereocenters. The molecule has 0 amide bonds. The van der Waals surface area contributed by atoms with E-state index in [9.17, 15) is 0 Å². The first kappa shape index (κ1) is 69.5. The topological polar surface area (TPSA) is 387 Å². The fraction of sp³-hybridized carbons (Fsp3) is 0. The molecular weight excluding hydrogens is 1290 g/mol. The second kappa shape index (κ2) is 40.8. The van der Waals surface area contributed by atoms with Crippen LogP contribution in [0.4, 0.5) is 0 Å². The monoisotopic (exact) mass is 1340 g/mol. The van der Waals surface area contributed by atoms with E-state index in [0.29, 0.717) is 5.65 Å². The van der Waals surface area contributed by atoms with Gasteiger partial charge in [-0.25, -0.2) is 89.7 Å². The van der Waals surface area contributed by atoms with E-state index in [-0.39, 0.29) is 0 Å².